The molecule has 1 N–H and O–H groups in total. The molecule has 2 aliphatic heterocycles. The van der Waals surface area contributed by atoms with Gasteiger partial charge in [-0.1, -0.05) is 12.1 Å². The van der Waals surface area contributed by atoms with Gasteiger partial charge in [0, 0.05) is 38.1 Å². The lowest BCUT2D eigenvalue weighted by Gasteiger charge is -2.39. The van der Waals surface area contributed by atoms with Crippen molar-refractivity contribution in [3.05, 3.63) is 35.6 Å². The van der Waals surface area contributed by atoms with Crippen molar-refractivity contribution in [2.75, 3.05) is 26.2 Å². The van der Waals surface area contributed by atoms with E-state index in [9.17, 15) is 14.0 Å². The van der Waals surface area contributed by atoms with Gasteiger partial charge < -0.3 is 19.9 Å². The van der Waals surface area contributed by atoms with Crippen LogP contribution in [0.5, 0.6) is 0 Å². The zero-order valence-electron chi connectivity index (χ0n) is 16.5. The predicted molar refractivity (Wildman–Crippen MR) is 104 cm³/mol. The summed E-state index contributed by atoms with van der Waals surface area (Å²) >= 11 is 0. The van der Waals surface area contributed by atoms with Gasteiger partial charge in [-0.05, 0) is 56.8 Å². The number of ether oxygens (including phenoxy) is 1. The van der Waals surface area contributed by atoms with Gasteiger partial charge in [-0.3, -0.25) is 4.79 Å². The van der Waals surface area contributed by atoms with E-state index < -0.39 is 0 Å². The van der Waals surface area contributed by atoms with Crippen LogP contribution in [0.2, 0.25) is 0 Å². The number of halogens is 1. The Kier molecular flexibility index (Phi) is 7.25. The zero-order chi connectivity index (χ0) is 19.9. The number of likely N-dealkylation sites (tertiary alicyclic amines) is 2. The first-order chi connectivity index (χ1) is 13.6. The van der Waals surface area contributed by atoms with E-state index in [4.69, 9.17) is 4.74 Å². The van der Waals surface area contributed by atoms with Crippen LogP contribution in [0.25, 0.3) is 0 Å². The molecule has 0 aromatic heterocycles. The first kappa shape index (κ1) is 20.6. The molecule has 7 heteroatoms. The van der Waals surface area contributed by atoms with Crippen molar-refractivity contribution in [3.63, 3.8) is 0 Å². The summed E-state index contributed by atoms with van der Waals surface area (Å²) in [5, 5.41) is 3.39. The topological polar surface area (TPSA) is 61.9 Å². The van der Waals surface area contributed by atoms with Crippen molar-refractivity contribution < 1.29 is 18.7 Å². The summed E-state index contributed by atoms with van der Waals surface area (Å²) in [6.07, 6.45) is 3.78. The molecule has 2 amide bonds. The number of piperidine rings is 1. The minimum atomic E-state index is -0.254. The SMILES string of the molecule is CCOC(=O)N1CCC(N2C(=O)CCC2CCNCc2ccc(F)cc2)CC1. The van der Waals surface area contributed by atoms with Crippen LogP contribution in [-0.4, -0.2) is 60.1 Å². The molecule has 2 fully saturated rings. The van der Waals surface area contributed by atoms with E-state index in [1.54, 1.807) is 17.0 Å². The van der Waals surface area contributed by atoms with Crippen molar-refractivity contribution in [1.82, 2.24) is 15.1 Å². The number of hydrogen-bond donors (Lipinski definition) is 1. The highest BCUT2D eigenvalue weighted by Crippen LogP contribution is 2.28. The maximum absolute atomic E-state index is 13.0. The van der Waals surface area contributed by atoms with Crippen molar-refractivity contribution >= 4 is 12.0 Å². The van der Waals surface area contributed by atoms with Crippen molar-refractivity contribution in [2.45, 2.75) is 57.7 Å². The van der Waals surface area contributed by atoms with E-state index in [0.717, 1.165) is 37.8 Å². The number of carbonyl (C=O) groups is 2. The van der Waals surface area contributed by atoms with Crippen LogP contribution in [0.1, 0.15) is 44.6 Å². The Hall–Kier alpha value is -2.15. The second-order valence-electron chi connectivity index (χ2n) is 7.50. The molecule has 3 rings (SSSR count). The first-order valence-electron chi connectivity index (χ1n) is 10.3. The molecular weight excluding hydrogens is 361 g/mol. The van der Waals surface area contributed by atoms with Crippen LogP contribution in [0.4, 0.5) is 9.18 Å². The van der Waals surface area contributed by atoms with Gasteiger partial charge in [0.2, 0.25) is 5.91 Å². The summed E-state index contributed by atoms with van der Waals surface area (Å²) in [4.78, 5) is 28.1. The van der Waals surface area contributed by atoms with Crippen molar-refractivity contribution in [3.8, 4) is 0 Å². The third kappa shape index (κ3) is 5.22. The highest BCUT2D eigenvalue weighted by molar-refractivity contribution is 5.79. The summed E-state index contributed by atoms with van der Waals surface area (Å²) in [5.41, 5.74) is 1.05. The minimum absolute atomic E-state index is 0.211. The molecule has 0 saturated carbocycles. The molecule has 0 aliphatic carbocycles. The Morgan fingerprint density at radius 2 is 1.93 bits per heavy atom. The Morgan fingerprint density at radius 1 is 1.21 bits per heavy atom. The lowest BCUT2D eigenvalue weighted by Crippen LogP contribution is -2.50. The fraction of sp³-hybridized carbons (Fsp3) is 0.619. The molecular formula is C21H30FN3O3. The van der Waals surface area contributed by atoms with Crippen LogP contribution < -0.4 is 5.32 Å². The number of carbonyl (C=O) groups excluding carboxylic acids is 2. The molecule has 0 spiro atoms. The minimum Gasteiger partial charge on any atom is -0.450 e. The largest absolute Gasteiger partial charge is 0.450 e. The van der Waals surface area contributed by atoms with E-state index in [1.807, 2.05) is 6.92 Å². The second kappa shape index (κ2) is 9.87. The van der Waals surface area contributed by atoms with Crippen LogP contribution in [-0.2, 0) is 16.1 Å². The summed E-state index contributed by atoms with van der Waals surface area (Å²) in [6.45, 7) is 4.98. The summed E-state index contributed by atoms with van der Waals surface area (Å²) in [7, 11) is 0. The Morgan fingerprint density at radius 3 is 2.61 bits per heavy atom. The molecule has 6 nitrogen and oxygen atoms in total. The first-order valence-corrected chi connectivity index (χ1v) is 10.3. The Labute approximate surface area is 166 Å². The second-order valence-corrected chi connectivity index (χ2v) is 7.50. The van der Waals surface area contributed by atoms with Crippen LogP contribution >= 0.6 is 0 Å². The summed E-state index contributed by atoms with van der Waals surface area (Å²) in [5.74, 6) is 0.0102. The van der Waals surface area contributed by atoms with Gasteiger partial charge in [-0.15, -0.1) is 0 Å². The van der Waals surface area contributed by atoms with E-state index >= 15 is 0 Å². The molecule has 1 aromatic rings. The number of hydrogen-bond acceptors (Lipinski definition) is 4. The molecule has 1 aromatic carbocycles. The van der Waals surface area contributed by atoms with E-state index in [0.29, 0.717) is 32.7 Å². The van der Waals surface area contributed by atoms with Gasteiger partial charge in [0.15, 0.2) is 0 Å². The zero-order valence-corrected chi connectivity index (χ0v) is 16.5. The number of nitrogens with one attached hydrogen (secondary N) is 1. The molecule has 0 radical (unpaired) electrons. The standard InChI is InChI=1S/C21H30FN3O3/c1-2-28-21(27)24-13-10-19(11-14-24)25-18(7-8-20(25)26)9-12-23-15-16-3-5-17(22)6-4-16/h3-6,18-19,23H,2,7-15H2,1H3. The monoisotopic (exact) mass is 391 g/mol. The van der Waals surface area contributed by atoms with E-state index in [-0.39, 0.29) is 29.9 Å². The number of benzene rings is 1. The lowest BCUT2D eigenvalue weighted by molar-refractivity contribution is -0.132. The smallest absolute Gasteiger partial charge is 0.409 e. The maximum Gasteiger partial charge on any atom is 0.409 e. The molecule has 0 bridgehead atoms. The number of amides is 2. The fourth-order valence-corrected chi connectivity index (χ4v) is 4.19. The quantitative estimate of drug-likeness (QED) is 0.726. The van der Waals surface area contributed by atoms with Crippen LogP contribution in [0.3, 0.4) is 0 Å². The van der Waals surface area contributed by atoms with Gasteiger partial charge in [0.1, 0.15) is 5.82 Å². The van der Waals surface area contributed by atoms with Gasteiger partial charge in [0.25, 0.3) is 0 Å². The third-order valence-electron chi connectivity index (χ3n) is 5.65. The maximum atomic E-state index is 13.0. The van der Waals surface area contributed by atoms with Gasteiger partial charge in [-0.25, -0.2) is 9.18 Å². The lowest BCUT2D eigenvalue weighted by atomic mass is 10.0. The Bertz CT molecular complexity index is 659. The number of rotatable bonds is 7. The van der Waals surface area contributed by atoms with E-state index in [1.165, 1.54) is 12.1 Å². The van der Waals surface area contributed by atoms with Gasteiger partial charge >= 0.3 is 6.09 Å². The predicted octanol–water partition coefficient (Wildman–Crippen LogP) is 2.92. The van der Waals surface area contributed by atoms with Crippen molar-refractivity contribution in [1.29, 1.82) is 0 Å². The average Bonchev–Trinajstić information content (AvgIpc) is 3.07. The normalized spacial score (nSPS) is 20.6. The molecule has 154 valence electrons. The Balaban J connectivity index is 1.44. The number of nitrogens with zero attached hydrogens (tertiary/aromatic N) is 2. The van der Waals surface area contributed by atoms with Gasteiger partial charge in [-0.2, -0.15) is 0 Å². The molecule has 1 unspecified atom stereocenters. The average molecular weight is 391 g/mol. The highest BCUT2D eigenvalue weighted by Gasteiger charge is 2.37. The molecule has 2 saturated heterocycles. The van der Waals surface area contributed by atoms with E-state index in [2.05, 4.69) is 10.2 Å². The van der Waals surface area contributed by atoms with Crippen molar-refractivity contribution in [2.24, 2.45) is 0 Å². The van der Waals surface area contributed by atoms with Gasteiger partial charge in [0.05, 0.1) is 6.61 Å². The molecule has 2 heterocycles. The highest BCUT2D eigenvalue weighted by atomic mass is 19.1. The van der Waals surface area contributed by atoms with Crippen LogP contribution in [0, 0.1) is 5.82 Å². The summed E-state index contributed by atoms with van der Waals surface area (Å²) < 4.78 is 18.0. The summed E-state index contributed by atoms with van der Waals surface area (Å²) in [6, 6.07) is 6.97. The third-order valence-corrected chi connectivity index (χ3v) is 5.65. The molecule has 1 atom stereocenters. The molecule has 28 heavy (non-hydrogen) atoms. The molecule has 2 aliphatic rings. The fourth-order valence-electron chi connectivity index (χ4n) is 4.19. The van der Waals surface area contributed by atoms with Crippen LogP contribution in [0.15, 0.2) is 24.3 Å².